The highest BCUT2D eigenvalue weighted by atomic mass is 79.9. The van der Waals surface area contributed by atoms with E-state index in [1.165, 1.54) is 6.39 Å². The van der Waals surface area contributed by atoms with Gasteiger partial charge in [0.15, 0.2) is 6.39 Å². The van der Waals surface area contributed by atoms with Crippen LogP contribution < -0.4 is 0 Å². The first-order valence-corrected chi connectivity index (χ1v) is 5.18. The Morgan fingerprint density at radius 3 is 3.00 bits per heavy atom. The van der Waals surface area contributed by atoms with Gasteiger partial charge in [-0.3, -0.25) is 4.68 Å². The zero-order valence-corrected chi connectivity index (χ0v) is 9.36. The molecule has 0 N–H and O–H groups in total. The number of oxazole rings is 1. The molecule has 0 radical (unpaired) electrons. The summed E-state index contributed by atoms with van der Waals surface area (Å²) < 4.78 is 7.87. The van der Waals surface area contributed by atoms with Gasteiger partial charge >= 0.3 is 0 Å². The maximum Gasteiger partial charge on any atom is 0.182 e. The van der Waals surface area contributed by atoms with Crippen molar-refractivity contribution in [3.05, 3.63) is 34.7 Å². The summed E-state index contributed by atoms with van der Waals surface area (Å²) >= 11 is 3.32. The molecule has 0 spiro atoms. The normalized spacial score (nSPS) is 10.7. The molecular weight excluding hydrogens is 246 g/mol. The fourth-order valence-electron chi connectivity index (χ4n) is 1.23. The van der Waals surface area contributed by atoms with Crippen molar-refractivity contribution in [1.29, 1.82) is 0 Å². The third kappa shape index (κ3) is 1.87. The third-order valence-electron chi connectivity index (χ3n) is 1.97. The van der Waals surface area contributed by atoms with Crippen molar-refractivity contribution in [3.8, 4) is 0 Å². The lowest BCUT2D eigenvalue weighted by Crippen LogP contribution is -1.92. The van der Waals surface area contributed by atoms with E-state index in [0.717, 1.165) is 28.9 Å². The molecule has 0 saturated carbocycles. The van der Waals surface area contributed by atoms with Gasteiger partial charge < -0.3 is 4.42 Å². The molecule has 0 atom stereocenters. The molecule has 0 bridgehead atoms. The van der Waals surface area contributed by atoms with Crippen LogP contribution >= 0.6 is 15.9 Å². The van der Waals surface area contributed by atoms with Gasteiger partial charge in [0, 0.05) is 19.2 Å². The monoisotopic (exact) mass is 255 g/mol. The van der Waals surface area contributed by atoms with Crippen LogP contribution in [0.15, 0.2) is 27.8 Å². The van der Waals surface area contributed by atoms with Crippen molar-refractivity contribution in [2.24, 2.45) is 0 Å². The molecule has 74 valence electrons. The summed E-state index contributed by atoms with van der Waals surface area (Å²) in [7, 11) is 0. The van der Waals surface area contributed by atoms with Gasteiger partial charge in [-0.1, -0.05) is 0 Å². The topological polar surface area (TPSA) is 43.9 Å². The van der Waals surface area contributed by atoms with Crippen molar-refractivity contribution < 1.29 is 4.42 Å². The molecule has 14 heavy (non-hydrogen) atoms. The second-order valence-electron chi connectivity index (χ2n) is 2.95. The number of aryl methyl sites for hydroxylation is 1. The van der Waals surface area contributed by atoms with Crippen molar-refractivity contribution in [2.45, 2.75) is 19.9 Å². The summed E-state index contributed by atoms with van der Waals surface area (Å²) in [6, 6.07) is 0. The van der Waals surface area contributed by atoms with Gasteiger partial charge in [0.25, 0.3) is 0 Å². The lowest BCUT2D eigenvalue weighted by atomic mass is 10.2. The van der Waals surface area contributed by atoms with Gasteiger partial charge in [-0.2, -0.15) is 5.10 Å². The Hall–Kier alpha value is -1.10. The lowest BCUT2D eigenvalue weighted by molar-refractivity contribution is 0.513. The molecule has 0 fully saturated rings. The minimum atomic E-state index is 0.723. The second-order valence-corrected chi connectivity index (χ2v) is 3.70. The molecule has 0 unspecified atom stereocenters. The highest BCUT2D eigenvalue weighted by Crippen LogP contribution is 2.17. The highest BCUT2D eigenvalue weighted by molar-refractivity contribution is 9.10. The van der Waals surface area contributed by atoms with Crippen LogP contribution in [0.3, 0.4) is 0 Å². The Labute approximate surface area is 90.1 Å². The van der Waals surface area contributed by atoms with Crippen LogP contribution in [0.25, 0.3) is 0 Å². The van der Waals surface area contributed by atoms with E-state index in [-0.39, 0.29) is 0 Å². The van der Waals surface area contributed by atoms with Crippen molar-refractivity contribution in [1.82, 2.24) is 14.8 Å². The minimum absolute atomic E-state index is 0.723. The molecule has 0 amide bonds. The maximum atomic E-state index is 5.22. The number of hydrogen-bond donors (Lipinski definition) is 0. The van der Waals surface area contributed by atoms with E-state index in [9.17, 15) is 0 Å². The molecule has 2 aromatic heterocycles. The third-order valence-corrected chi connectivity index (χ3v) is 2.61. The summed E-state index contributed by atoms with van der Waals surface area (Å²) in [5, 5.41) is 4.18. The highest BCUT2D eigenvalue weighted by Gasteiger charge is 2.07. The first-order chi connectivity index (χ1) is 6.79. The fraction of sp³-hybridized carbons (Fsp3) is 0.333. The van der Waals surface area contributed by atoms with Crippen molar-refractivity contribution in [3.63, 3.8) is 0 Å². The van der Waals surface area contributed by atoms with E-state index in [0.29, 0.717) is 0 Å². The maximum absolute atomic E-state index is 5.22. The second kappa shape index (κ2) is 3.96. The molecule has 0 aliphatic rings. The van der Waals surface area contributed by atoms with E-state index < -0.39 is 0 Å². The molecule has 2 heterocycles. The largest absolute Gasteiger partial charge is 0.447 e. The number of hydrogen-bond acceptors (Lipinski definition) is 3. The molecule has 0 aromatic carbocycles. The Kier molecular flexibility index (Phi) is 2.67. The fourth-order valence-corrected chi connectivity index (χ4v) is 1.54. The minimum Gasteiger partial charge on any atom is -0.447 e. The van der Waals surface area contributed by atoms with E-state index >= 15 is 0 Å². The van der Waals surface area contributed by atoms with Gasteiger partial charge in [0.05, 0.1) is 6.20 Å². The first kappa shape index (κ1) is 9.45. The molecule has 0 aliphatic heterocycles. The number of halogens is 1. The van der Waals surface area contributed by atoms with Gasteiger partial charge in [0.2, 0.25) is 0 Å². The summed E-state index contributed by atoms with van der Waals surface area (Å²) in [4.78, 5) is 3.96. The first-order valence-electron chi connectivity index (χ1n) is 4.38. The van der Waals surface area contributed by atoms with Crippen molar-refractivity contribution in [2.75, 3.05) is 0 Å². The molecule has 2 rings (SSSR count). The predicted molar refractivity (Wildman–Crippen MR) is 54.9 cm³/mol. The van der Waals surface area contributed by atoms with Crippen molar-refractivity contribution >= 4 is 15.9 Å². The van der Waals surface area contributed by atoms with Gasteiger partial charge in [-0.05, 0) is 28.4 Å². The lowest BCUT2D eigenvalue weighted by Gasteiger charge is -1.93. The van der Waals surface area contributed by atoms with Crippen LogP contribution in [0.5, 0.6) is 0 Å². The van der Waals surface area contributed by atoms with Crippen LogP contribution in [0.4, 0.5) is 0 Å². The van der Waals surface area contributed by atoms with Gasteiger partial charge in [-0.15, -0.1) is 0 Å². The Bertz CT molecular complexity index is 421. The van der Waals surface area contributed by atoms with Crippen LogP contribution in [0.2, 0.25) is 0 Å². The zero-order chi connectivity index (χ0) is 9.97. The van der Waals surface area contributed by atoms with E-state index in [2.05, 4.69) is 32.9 Å². The molecule has 5 heteroatoms. The van der Waals surface area contributed by atoms with Gasteiger partial charge in [0.1, 0.15) is 10.4 Å². The Morgan fingerprint density at radius 1 is 1.57 bits per heavy atom. The zero-order valence-electron chi connectivity index (χ0n) is 7.77. The summed E-state index contributed by atoms with van der Waals surface area (Å²) in [5.41, 5.74) is 1.13. The molecular formula is C9H10BrN3O. The van der Waals surface area contributed by atoms with E-state index in [1.54, 1.807) is 0 Å². The molecule has 0 saturated heterocycles. The van der Waals surface area contributed by atoms with Crippen LogP contribution in [-0.2, 0) is 13.0 Å². The molecule has 2 aromatic rings. The SMILES string of the molecule is CCn1cc(Cc2ocnc2Br)cn1. The molecule has 0 aliphatic carbocycles. The van der Waals surface area contributed by atoms with E-state index in [4.69, 9.17) is 4.42 Å². The standard InChI is InChI=1S/C9H10BrN3O/c1-2-13-5-7(4-12-13)3-8-9(10)11-6-14-8/h4-6H,2-3H2,1H3. The number of rotatable bonds is 3. The smallest absolute Gasteiger partial charge is 0.182 e. The van der Waals surface area contributed by atoms with E-state index in [1.807, 2.05) is 17.1 Å². The number of aromatic nitrogens is 3. The molecule has 4 nitrogen and oxygen atoms in total. The van der Waals surface area contributed by atoms with Crippen LogP contribution in [0.1, 0.15) is 18.2 Å². The average Bonchev–Trinajstić information content (AvgIpc) is 2.77. The Morgan fingerprint density at radius 2 is 2.43 bits per heavy atom. The Balaban J connectivity index is 2.15. The quantitative estimate of drug-likeness (QED) is 0.845. The van der Waals surface area contributed by atoms with Gasteiger partial charge in [-0.25, -0.2) is 4.98 Å². The predicted octanol–water partition coefficient (Wildman–Crippen LogP) is 2.24. The van der Waals surface area contributed by atoms with Crippen LogP contribution in [-0.4, -0.2) is 14.8 Å². The summed E-state index contributed by atoms with van der Waals surface area (Å²) in [5.74, 6) is 0.834. The average molecular weight is 256 g/mol. The summed E-state index contributed by atoms with van der Waals surface area (Å²) in [6.07, 6.45) is 6.01. The summed E-state index contributed by atoms with van der Waals surface area (Å²) in [6.45, 7) is 2.94. The number of nitrogens with zero attached hydrogens (tertiary/aromatic N) is 3. The van der Waals surface area contributed by atoms with Crippen LogP contribution in [0, 0.1) is 0 Å².